The van der Waals surface area contributed by atoms with E-state index < -0.39 is 0 Å². The molecule has 0 spiro atoms. The zero-order valence-electron chi connectivity index (χ0n) is 6.98. The SMILES string of the molecule is [CH2]C(CC)c1ccc(Cl)cc1Cl. The van der Waals surface area contributed by atoms with Crippen molar-refractivity contribution in [3.63, 3.8) is 0 Å². The Morgan fingerprint density at radius 2 is 2.08 bits per heavy atom. The minimum atomic E-state index is 0.259. The fourth-order valence-corrected chi connectivity index (χ4v) is 1.62. The van der Waals surface area contributed by atoms with Gasteiger partial charge in [0.15, 0.2) is 0 Å². The second-order valence-electron chi connectivity index (χ2n) is 2.77. The van der Waals surface area contributed by atoms with Gasteiger partial charge in [0.1, 0.15) is 0 Å². The molecule has 0 heterocycles. The van der Waals surface area contributed by atoms with Crippen LogP contribution >= 0.6 is 23.2 Å². The molecule has 0 N–H and O–H groups in total. The molecule has 1 unspecified atom stereocenters. The summed E-state index contributed by atoms with van der Waals surface area (Å²) in [6.45, 7) is 6.08. The lowest BCUT2D eigenvalue weighted by atomic mass is 9.99. The van der Waals surface area contributed by atoms with E-state index in [4.69, 9.17) is 23.2 Å². The van der Waals surface area contributed by atoms with E-state index in [0.29, 0.717) is 10.0 Å². The molecular formula is C10H11Cl2. The average molecular weight is 202 g/mol. The number of halogens is 2. The van der Waals surface area contributed by atoms with Gasteiger partial charge in [-0.3, -0.25) is 0 Å². The highest BCUT2D eigenvalue weighted by Crippen LogP contribution is 2.28. The van der Waals surface area contributed by atoms with Crippen molar-refractivity contribution < 1.29 is 0 Å². The van der Waals surface area contributed by atoms with Gasteiger partial charge in [0.05, 0.1) is 0 Å². The first-order valence-electron chi connectivity index (χ1n) is 3.93. The quantitative estimate of drug-likeness (QED) is 0.669. The van der Waals surface area contributed by atoms with Crippen LogP contribution in [0.1, 0.15) is 24.8 Å². The summed E-state index contributed by atoms with van der Waals surface area (Å²) in [7, 11) is 0. The third-order valence-corrected chi connectivity index (χ3v) is 2.46. The van der Waals surface area contributed by atoms with Crippen molar-refractivity contribution in [3.8, 4) is 0 Å². The monoisotopic (exact) mass is 201 g/mol. The lowest BCUT2D eigenvalue weighted by Gasteiger charge is -2.10. The van der Waals surface area contributed by atoms with Crippen LogP contribution in [-0.2, 0) is 0 Å². The average Bonchev–Trinajstić information content (AvgIpc) is 2.03. The molecule has 1 aromatic rings. The lowest BCUT2D eigenvalue weighted by Crippen LogP contribution is -1.92. The van der Waals surface area contributed by atoms with Crippen molar-refractivity contribution in [2.24, 2.45) is 0 Å². The maximum Gasteiger partial charge on any atom is 0.0455 e. The summed E-state index contributed by atoms with van der Waals surface area (Å²) in [6, 6.07) is 5.54. The van der Waals surface area contributed by atoms with Crippen LogP contribution in [0.2, 0.25) is 10.0 Å². The highest BCUT2D eigenvalue weighted by molar-refractivity contribution is 6.35. The fourth-order valence-electron chi connectivity index (χ4n) is 1.05. The molecule has 0 aliphatic carbocycles. The number of benzene rings is 1. The zero-order chi connectivity index (χ0) is 9.14. The van der Waals surface area contributed by atoms with E-state index in [1.165, 1.54) is 0 Å². The van der Waals surface area contributed by atoms with Crippen LogP contribution in [-0.4, -0.2) is 0 Å². The van der Waals surface area contributed by atoms with Crippen LogP contribution in [0.15, 0.2) is 18.2 Å². The van der Waals surface area contributed by atoms with Crippen LogP contribution in [0.3, 0.4) is 0 Å². The Hall–Kier alpha value is -0.200. The molecule has 1 atom stereocenters. The first kappa shape index (κ1) is 9.88. The Kier molecular flexibility index (Phi) is 3.42. The summed E-state index contributed by atoms with van der Waals surface area (Å²) in [5.41, 5.74) is 1.07. The third kappa shape index (κ3) is 2.15. The largest absolute Gasteiger partial charge is 0.0843 e. The molecule has 0 aliphatic heterocycles. The fraction of sp³-hybridized carbons (Fsp3) is 0.300. The molecule has 0 amide bonds. The van der Waals surface area contributed by atoms with Gasteiger partial charge in [-0.05, 0) is 37.0 Å². The first-order valence-corrected chi connectivity index (χ1v) is 4.68. The maximum absolute atomic E-state index is 5.98. The summed E-state index contributed by atoms with van der Waals surface area (Å²) in [6.07, 6.45) is 0.987. The highest BCUT2D eigenvalue weighted by atomic mass is 35.5. The van der Waals surface area contributed by atoms with Gasteiger partial charge in [0, 0.05) is 10.0 Å². The van der Waals surface area contributed by atoms with E-state index in [9.17, 15) is 0 Å². The number of hydrogen-bond acceptors (Lipinski definition) is 0. The van der Waals surface area contributed by atoms with E-state index in [2.05, 4.69) is 13.8 Å². The Bertz CT molecular complexity index is 269. The van der Waals surface area contributed by atoms with Crippen molar-refractivity contribution in [1.82, 2.24) is 0 Å². The predicted octanol–water partition coefficient (Wildman–Crippen LogP) is 4.32. The highest BCUT2D eigenvalue weighted by Gasteiger charge is 2.07. The molecule has 0 fully saturated rings. The Balaban J connectivity index is 3.01. The van der Waals surface area contributed by atoms with E-state index in [-0.39, 0.29) is 5.92 Å². The topological polar surface area (TPSA) is 0 Å². The summed E-state index contributed by atoms with van der Waals surface area (Å²) >= 11 is 11.7. The standard InChI is InChI=1S/C10H11Cl2/c1-3-7(2)9-5-4-8(11)6-10(9)12/h4-7H,2-3H2,1H3. The van der Waals surface area contributed by atoms with E-state index in [1.807, 2.05) is 12.1 Å². The Morgan fingerprint density at radius 1 is 1.42 bits per heavy atom. The van der Waals surface area contributed by atoms with Gasteiger partial charge >= 0.3 is 0 Å². The smallest absolute Gasteiger partial charge is 0.0455 e. The van der Waals surface area contributed by atoms with E-state index >= 15 is 0 Å². The van der Waals surface area contributed by atoms with Crippen LogP contribution < -0.4 is 0 Å². The second-order valence-corrected chi connectivity index (χ2v) is 3.61. The van der Waals surface area contributed by atoms with Crippen molar-refractivity contribution >= 4 is 23.2 Å². The molecule has 0 aliphatic rings. The molecule has 0 aromatic heterocycles. The molecular weight excluding hydrogens is 191 g/mol. The van der Waals surface area contributed by atoms with Crippen LogP contribution in [0.25, 0.3) is 0 Å². The van der Waals surface area contributed by atoms with Crippen molar-refractivity contribution in [2.45, 2.75) is 19.3 Å². The molecule has 1 rings (SSSR count). The minimum absolute atomic E-state index is 0.259. The molecule has 65 valence electrons. The summed E-state index contributed by atoms with van der Waals surface area (Å²) in [5, 5.41) is 1.39. The van der Waals surface area contributed by atoms with Gasteiger partial charge in [0.25, 0.3) is 0 Å². The molecule has 1 radical (unpaired) electrons. The van der Waals surface area contributed by atoms with Crippen molar-refractivity contribution in [3.05, 3.63) is 40.7 Å². The molecule has 12 heavy (non-hydrogen) atoms. The van der Waals surface area contributed by atoms with E-state index in [0.717, 1.165) is 12.0 Å². The summed E-state index contributed by atoms with van der Waals surface area (Å²) in [4.78, 5) is 0. The third-order valence-electron chi connectivity index (χ3n) is 1.90. The minimum Gasteiger partial charge on any atom is -0.0843 e. The lowest BCUT2D eigenvalue weighted by molar-refractivity contribution is 0.802. The maximum atomic E-state index is 5.98. The van der Waals surface area contributed by atoms with Crippen LogP contribution in [0, 0.1) is 6.92 Å². The summed E-state index contributed by atoms with van der Waals surface area (Å²) in [5.74, 6) is 0.259. The summed E-state index contributed by atoms with van der Waals surface area (Å²) < 4.78 is 0. The number of hydrogen-bond donors (Lipinski definition) is 0. The van der Waals surface area contributed by atoms with Crippen molar-refractivity contribution in [1.29, 1.82) is 0 Å². The van der Waals surface area contributed by atoms with Gasteiger partial charge in [-0.25, -0.2) is 0 Å². The van der Waals surface area contributed by atoms with Gasteiger partial charge in [-0.2, -0.15) is 0 Å². The zero-order valence-corrected chi connectivity index (χ0v) is 8.49. The normalized spacial score (nSPS) is 13.0. The second kappa shape index (κ2) is 4.15. The molecule has 0 saturated carbocycles. The van der Waals surface area contributed by atoms with Crippen LogP contribution in [0.4, 0.5) is 0 Å². The van der Waals surface area contributed by atoms with Gasteiger partial charge < -0.3 is 0 Å². The Morgan fingerprint density at radius 3 is 2.58 bits per heavy atom. The van der Waals surface area contributed by atoms with Crippen molar-refractivity contribution in [2.75, 3.05) is 0 Å². The van der Waals surface area contributed by atoms with Gasteiger partial charge in [-0.1, -0.05) is 36.2 Å². The van der Waals surface area contributed by atoms with E-state index in [1.54, 1.807) is 6.07 Å². The molecule has 0 nitrogen and oxygen atoms in total. The molecule has 0 bridgehead atoms. The molecule has 0 saturated heterocycles. The first-order chi connectivity index (χ1) is 5.65. The predicted molar refractivity (Wildman–Crippen MR) is 54.9 cm³/mol. The molecule has 1 aromatic carbocycles. The molecule has 2 heteroatoms. The Labute approximate surface area is 83.5 Å². The van der Waals surface area contributed by atoms with Gasteiger partial charge in [-0.15, -0.1) is 0 Å². The number of rotatable bonds is 2. The van der Waals surface area contributed by atoms with Gasteiger partial charge in [0.2, 0.25) is 0 Å². The van der Waals surface area contributed by atoms with Crippen LogP contribution in [0.5, 0.6) is 0 Å².